The van der Waals surface area contributed by atoms with Crippen molar-refractivity contribution < 1.29 is 13.6 Å². The quantitative estimate of drug-likeness (QED) is 0.661. The first-order chi connectivity index (χ1) is 7.06. The fraction of sp³-hybridized carbons (Fsp3) is 0.667. The number of rotatable bonds is 4. The zero-order valence-corrected chi connectivity index (χ0v) is 8.43. The van der Waals surface area contributed by atoms with Gasteiger partial charge in [-0.05, 0) is 0 Å². The van der Waals surface area contributed by atoms with Gasteiger partial charge in [0, 0.05) is 32.6 Å². The van der Waals surface area contributed by atoms with Gasteiger partial charge in [0.2, 0.25) is 0 Å². The standard InChI is InChI=1S/C9H15F2N3O/c1-2-3-9(10,11)8(15)13-14-6-4-12-5-7-14/h2,12H,1,3-7H2,(H,13,15). The summed E-state index contributed by atoms with van der Waals surface area (Å²) in [7, 11) is 0. The van der Waals surface area contributed by atoms with Crippen LogP contribution in [0, 0.1) is 0 Å². The fourth-order valence-corrected chi connectivity index (χ4v) is 1.28. The van der Waals surface area contributed by atoms with Crippen molar-refractivity contribution in [2.45, 2.75) is 12.3 Å². The number of carbonyl (C=O) groups is 1. The van der Waals surface area contributed by atoms with E-state index in [-0.39, 0.29) is 0 Å². The van der Waals surface area contributed by atoms with Gasteiger partial charge in [-0.3, -0.25) is 10.2 Å². The van der Waals surface area contributed by atoms with Gasteiger partial charge in [-0.25, -0.2) is 5.01 Å². The topological polar surface area (TPSA) is 44.4 Å². The molecule has 6 heteroatoms. The van der Waals surface area contributed by atoms with Crippen LogP contribution in [0.25, 0.3) is 0 Å². The van der Waals surface area contributed by atoms with Crippen LogP contribution < -0.4 is 10.7 Å². The molecule has 15 heavy (non-hydrogen) atoms. The van der Waals surface area contributed by atoms with Gasteiger partial charge in [0.1, 0.15) is 0 Å². The first-order valence-corrected chi connectivity index (χ1v) is 4.82. The molecule has 1 saturated heterocycles. The van der Waals surface area contributed by atoms with E-state index in [2.05, 4.69) is 17.3 Å². The molecule has 1 aliphatic heterocycles. The Kier molecular flexibility index (Phi) is 4.16. The maximum atomic E-state index is 13.0. The zero-order valence-electron chi connectivity index (χ0n) is 8.43. The van der Waals surface area contributed by atoms with Gasteiger partial charge in [0.25, 0.3) is 0 Å². The van der Waals surface area contributed by atoms with Crippen LogP contribution in [0.2, 0.25) is 0 Å². The van der Waals surface area contributed by atoms with Crippen molar-refractivity contribution >= 4 is 5.91 Å². The molecule has 1 heterocycles. The van der Waals surface area contributed by atoms with Gasteiger partial charge < -0.3 is 5.32 Å². The van der Waals surface area contributed by atoms with Gasteiger partial charge in [-0.15, -0.1) is 6.58 Å². The second-order valence-corrected chi connectivity index (χ2v) is 3.38. The first-order valence-electron chi connectivity index (χ1n) is 4.82. The maximum Gasteiger partial charge on any atom is 0.329 e. The summed E-state index contributed by atoms with van der Waals surface area (Å²) < 4.78 is 26.1. The molecular weight excluding hydrogens is 204 g/mol. The fourth-order valence-electron chi connectivity index (χ4n) is 1.28. The Morgan fingerprint density at radius 2 is 2.13 bits per heavy atom. The highest BCUT2D eigenvalue weighted by Crippen LogP contribution is 2.18. The number of allylic oxidation sites excluding steroid dienone is 1. The Morgan fingerprint density at radius 3 is 2.67 bits per heavy atom. The zero-order chi connectivity index (χ0) is 11.3. The third kappa shape index (κ3) is 3.56. The average molecular weight is 219 g/mol. The molecule has 0 saturated carbocycles. The number of hydrogen-bond donors (Lipinski definition) is 2. The van der Waals surface area contributed by atoms with Crippen LogP contribution in [0.15, 0.2) is 12.7 Å². The van der Waals surface area contributed by atoms with Gasteiger partial charge in [-0.2, -0.15) is 8.78 Å². The number of halogens is 2. The second-order valence-electron chi connectivity index (χ2n) is 3.38. The lowest BCUT2D eigenvalue weighted by atomic mass is 10.2. The summed E-state index contributed by atoms with van der Waals surface area (Å²) in [6.07, 6.45) is 0.405. The molecule has 0 atom stereocenters. The monoisotopic (exact) mass is 219 g/mol. The normalized spacial score (nSPS) is 18.5. The SMILES string of the molecule is C=CCC(F)(F)C(=O)NN1CCNCC1. The summed E-state index contributed by atoms with van der Waals surface area (Å²) in [5.74, 6) is -4.63. The van der Waals surface area contributed by atoms with Crippen LogP contribution in [0.3, 0.4) is 0 Å². The summed E-state index contributed by atoms with van der Waals surface area (Å²) in [4.78, 5) is 11.2. The predicted octanol–water partition coefficient (Wildman–Crippen LogP) is 0.134. The molecule has 0 bridgehead atoms. The van der Waals surface area contributed by atoms with Gasteiger partial charge in [0.15, 0.2) is 0 Å². The lowest BCUT2D eigenvalue weighted by molar-refractivity contribution is -0.150. The number of piperazine rings is 1. The highest BCUT2D eigenvalue weighted by Gasteiger charge is 2.38. The van der Waals surface area contributed by atoms with Crippen LogP contribution in [-0.4, -0.2) is 43.0 Å². The van der Waals surface area contributed by atoms with Crippen molar-refractivity contribution in [1.29, 1.82) is 0 Å². The van der Waals surface area contributed by atoms with E-state index in [1.807, 2.05) is 0 Å². The Balaban J connectivity index is 2.42. The molecule has 0 aromatic heterocycles. The van der Waals surface area contributed by atoms with Gasteiger partial charge in [-0.1, -0.05) is 6.08 Å². The van der Waals surface area contributed by atoms with E-state index < -0.39 is 18.3 Å². The van der Waals surface area contributed by atoms with E-state index in [0.717, 1.165) is 6.08 Å². The number of amides is 1. The molecule has 1 rings (SSSR count). The van der Waals surface area contributed by atoms with Gasteiger partial charge in [0.05, 0.1) is 0 Å². The Bertz CT molecular complexity index is 240. The number of alkyl halides is 2. The average Bonchev–Trinajstić information content (AvgIpc) is 2.19. The van der Waals surface area contributed by atoms with E-state index >= 15 is 0 Å². The third-order valence-corrected chi connectivity index (χ3v) is 2.11. The summed E-state index contributed by atoms with van der Waals surface area (Å²) in [6.45, 7) is 5.64. The first kappa shape index (κ1) is 12.1. The summed E-state index contributed by atoms with van der Waals surface area (Å²) in [5, 5.41) is 4.55. The molecule has 1 fully saturated rings. The number of nitrogens with one attached hydrogen (secondary N) is 2. The summed E-state index contributed by atoms with van der Waals surface area (Å²) in [5.41, 5.74) is 2.20. The second kappa shape index (κ2) is 5.18. The van der Waals surface area contributed by atoms with Crippen LogP contribution in [0.5, 0.6) is 0 Å². The summed E-state index contributed by atoms with van der Waals surface area (Å²) >= 11 is 0. The summed E-state index contributed by atoms with van der Waals surface area (Å²) in [6, 6.07) is 0. The molecule has 1 aliphatic rings. The highest BCUT2D eigenvalue weighted by molar-refractivity contribution is 5.83. The number of hydrazine groups is 1. The van der Waals surface area contributed by atoms with Crippen molar-refractivity contribution in [1.82, 2.24) is 15.8 Å². The van der Waals surface area contributed by atoms with Crippen molar-refractivity contribution in [3.05, 3.63) is 12.7 Å². The molecule has 1 amide bonds. The Morgan fingerprint density at radius 1 is 1.53 bits per heavy atom. The molecule has 0 unspecified atom stereocenters. The highest BCUT2D eigenvalue weighted by atomic mass is 19.3. The van der Waals surface area contributed by atoms with E-state index in [9.17, 15) is 13.6 Å². The molecule has 0 spiro atoms. The molecule has 4 nitrogen and oxygen atoms in total. The van der Waals surface area contributed by atoms with E-state index in [0.29, 0.717) is 26.2 Å². The van der Waals surface area contributed by atoms with Crippen LogP contribution in [-0.2, 0) is 4.79 Å². The van der Waals surface area contributed by atoms with Crippen LogP contribution in [0.4, 0.5) is 8.78 Å². The number of carbonyl (C=O) groups excluding carboxylic acids is 1. The van der Waals surface area contributed by atoms with Crippen molar-refractivity contribution in [3.63, 3.8) is 0 Å². The minimum Gasteiger partial charge on any atom is -0.314 e. The molecular formula is C9H15F2N3O. The van der Waals surface area contributed by atoms with Crippen LogP contribution in [0.1, 0.15) is 6.42 Å². The largest absolute Gasteiger partial charge is 0.329 e. The smallest absolute Gasteiger partial charge is 0.314 e. The third-order valence-electron chi connectivity index (χ3n) is 2.11. The minimum atomic E-state index is -3.37. The molecule has 2 N–H and O–H groups in total. The molecule has 86 valence electrons. The van der Waals surface area contributed by atoms with Crippen LogP contribution >= 0.6 is 0 Å². The predicted molar refractivity (Wildman–Crippen MR) is 52.3 cm³/mol. The van der Waals surface area contributed by atoms with E-state index in [1.54, 1.807) is 0 Å². The maximum absolute atomic E-state index is 13.0. The molecule has 0 aromatic rings. The van der Waals surface area contributed by atoms with Crippen molar-refractivity contribution in [3.8, 4) is 0 Å². The van der Waals surface area contributed by atoms with Gasteiger partial charge >= 0.3 is 11.8 Å². The minimum absolute atomic E-state index is 0.538. The van der Waals surface area contributed by atoms with E-state index in [1.165, 1.54) is 5.01 Å². The van der Waals surface area contributed by atoms with Crippen molar-refractivity contribution in [2.75, 3.05) is 26.2 Å². The van der Waals surface area contributed by atoms with Crippen molar-refractivity contribution in [2.24, 2.45) is 0 Å². The number of hydrogen-bond acceptors (Lipinski definition) is 3. The number of nitrogens with zero attached hydrogens (tertiary/aromatic N) is 1. The lowest BCUT2D eigenvalue weighted by Crippen LogP contribution is -2.55. The molecule has 0 radical (unpaired) electrons. The Hall–Kier alpha value is -1.01. The lowest BCUT2D eigenvalue weighted by Gasteiger charge is -2.28. The Labute approximate surface area is 87.3 Å². The molecule has 0 aromatic carbocycles. The molecule has 0 aliphatic carbocycles. The van der Waals surface area contributed by atoms with E-state index in [4.69, 9.17) is 0 Å².